The molecule has 7 heteroatoms. The molecule has 0 aromatic heterocycles. The second-order valence-corrected chi connectivity index (χ2v) is 4.84. The van der Waals surface area contributed by atoms with E-state index in [0.29, 0.717) is 5.69 Å². The van der Waals surface area contributed by atoms with Gasteiger partial charge in [0, 0.05) is 6.07 Å². The molecule has 1 aromatic rings. The van der Waals surface area contributed by atoms with Crippen LogP contribution < -0.4 is 10.7 Å². The van der Waals surface area contributed by atoms with Crippen LogP contribution in [0.15, 0.2) is 41.0 Å². The highest BCUT2D eigenvalue weighted by molar-refractivity contribution is 7.80. The van der Waals surface area contributed by atoms with Crippen LogP contribution in [-0.2, 0) is 0 Å². The van der Waals surface area contributed by atoms with Gasteiger partial charge in [-0.1, -0.05) is 17.7 Å². The molecule has 0 saturated heterocycles. The number of nitro groups is 1. The third-order valence-electron chi connectivity index (χ3n) is 2.84. The van der Waals surface area contributed by atoms with Crippen molar-refractivity contribution in [1.29, 1.82) is 0 Å². The molecule has 0 atom stereocenters. The molecule has 6 nitrogen and oxygen atoms in total. The Hall–Kier alpha value is -2.28. The van der Waals surface area contributed by atoms with Gasteiger partial charge < -0.3 is 5.32 Å². The van der Waals surface area contributed by atoms with Gasteiger partial charge in [-0.3, -0.25) is 15.5 Å². The topological polar surface area (TPSA) is 79.6 Å². The number of nitrogens with one attached hydrogen (secondary N) is 2. The zero-order valence-electron chi connectivity index (χ0n) is 10.9. The van der Waals surface area contributed by atoms with E-state index in [2.05, 4.69) is 15.8 Å². The number of nitrogens with zero attached hydrogens (tertiary/aromatic N) is 2. The third kappa shape index (κ3) is 3.61. The number of nitro benzene ring substituents is 1. The van der Waals surface area contributed by atoms with Crippen LogP contribution in [0.1, 0.15) is 19.8 Å². The molecule has 104 valence electrons. The average molecular weight is 290 g/mol. The van der Waals surface area contributed by atoms with Crippen molar-refractivity contribution in [3.05, 3.63) is 46.0 Å². The number of anilines is 1. The van der Waals surface area contributed by atoms with Gasteiger partial charge >= 0.3 is 0 Å². The molecule has 0 bridgehead atoms. The molecule has 0 spiro atoms. The number of benzene rings is 1. The summed E-state index contributed by atoms with van der Waals surface area (Å²) < 4.78 is 0. The van der Waals surface area contributed by atoms with Crippen molar-refractivity contribution in [2.75, 3.05) is 5.32 Å². The summed E-state index contributed by atoms with van der Waals surface area (Å²) in [6, 6.07) is 6.32. The summed E-state index contributed by atoms with van der Waals surface area (Å²) >= 11 is 5.07. The Morgan fingerprint density at radius 1 is 1.40 bits per heavy atom. The van der Waals surface area contributed by atoms with Crippen LogP contribution in [0.4, 0.5) is 11.4 Å². The molecule has 1 aromatic carbocycles. The van der Waals surface area contributed by atoms with E-state index in [-0.39, 0.29) is 10.8 Å². The van der Waals surface area contributed by atoms with Crippen molar-refractivity contribution in [3.8, 4) is 0 Å². The highest BCUT2D eigenvalue weighted by atomic mass is 32.1. The summed E-state index contributed by atoms with van der Waals surface area (Å²) in [7, 11) is 0. The van der Waals surface area contributed by atoms with Gasteiger partial charge in [0.1, 0.15) is 5.69 Å². The van der Waals surface area contributed by atoms with E-state index >= 15 is 0 Å². The van der Waals surface area contributed by atoms with E-state index < -0.39 is 4.92 Å². The molecule has 2 N–H and O–H groups in total. The van der Waals surface area contributed by atoms with Gasteiger partial charge in [-0.2, -0.15) is 5.10 Å². The van der Waals surface area contributed by atoms with E-state index in [9.17, 15) is 10.1 Å². The second-order valence-electron chi connectivity index (χ2n) is 4.43. The molecule has 0 saturated carbocycles. The number of hydrogen-bond donors (Lipinski definition) is 2. The van der Waals surface area contributed by atoms with Crippen LogP contribution >= 0.6 is 12.2 Å². The van der Waals surface area contributed by atoms with E-state index in [4.69, 9.17) is 12.2 Å². The van der Waals surface area contributed by atoms with Crippen molar-refractivity contribution in [2.24, 2.45) is 5.10 Å². The summed E-state index contributed by atoms with van der Waals surface area (Å²) in [6.07, 6.45) is 3.89. The Kier molecular flexibility index (Phi) is 4.41. The fraction of sp³-hybridized carbons (Fsp3) is 0.231. The molecule has 1 aliphatic carbocycles. The van der Waals surface area contributed by atoms with E-state index in [1.807, 2.05) is 13.0 Å². The SMILES string of the molecule is CC1=C/C(=N/NC(=S)Nc2ccccc2[N+](=O)[O-])CC1. The van der Waals surface area contributed by atoms with Crippen LogP contribution in [0.2, 0.25) is 0 Å². The number of para-hydroxylation sites is 2. The zero-order chi connectivity index (χ0) is 14.5. The van der Waals surface area contributed by atoms with E-state index in [1.54, 1.807) is 18.2 Å². The van der Waals surface area contributed by atoms with Gasteiger partial charge in [0.05, 0.1) is 10.6 Å². The quantitative estimate of drug-likeness (QED) is 0.508. The van der Waals surface area contributed by atoms with Gasteiger partial charge in [0.2, 0.25) is 0 Å². The number of allylic oxidation sites excluding steroid dienone is 2. The summed E-state index contributed by atoms with van der Waals surface area (Å²) in [5, 5.41) is 18.0. The fourth-order valence-electron chi connectivity index (χ4n) is 1.85. The summed E-state index contributed by atoms with van der Waals surface area (Å²) in [5.41, 5.74) is 5.22. The summed E-state index contributed by atoms with van der Waals surface area (Å²) in [4.78, 5) is 10.4. The zero-order valence-corrected chi connectivity index (χ0v) is 11.7. The van der Waals surface area contributed by atoms with Gasteiger partial charge in [0.25, 0.3) is 5.69 Å². The van der Waals surface area contributed by atoms with E-state index in [0.717, 1.165) is 18.6 Å². The maximum absolute atomic E-state index is 10.9. The molecule has 1 aliphatic rings. The lowest BCUT2D eigenvalue weighted by Gasteiger charge is -2.07. The monoisotopic (exact) mass is 290 g/mol. The minimum absolute atomic E-state index is 0.0269. The average Bonchev–Trinajstić information content (AvgIpc) is 2.83. The molecule has 0 aliphatic heterocycles. The number of rotatable bonds is 3. The van der Waals surface area contributed by atoms with Crippen LogP contribution in [0.5, 0.6) is 0 Å². The van der Waals surface area contributed by atoms with E-state index in [1.165, 1.54) is 11.6 Å². The Balaban J connectivity index is 2.00. The summed E-state index contributed by atoms with van der Waals surface area (Å²) in [6.45, 7) is 2.05. The Bertz CT molecular complexity index is 610. The van der Waals surface area contributed by atoms with Gasteiger partial charge in [-0.15, -0.1) is 0 Å². The first kappa shape index (κ1) is 14.1. The van der Waals surface area contributed by atoms with Crippen molar-refractivity contribution in [3.63, 3.8) is 0 Å². The third-order valence-corrected chi connectivity index (χ3v) is 3.03. The standard InChI is InChI=1S/C13H14N4O2S/c1-9-6-7-10(8-9)15-16-13(20)14-11-4-2-3-5-12(11)17(18)19/h2-5,8H,6-7H2,1H3,(H2,14,16,20)/b15-10+. The minimum atomic E-state index is -0.458. The Morgan fingerprint density at radius 2 is 2.15 bits per heavy atom. The Labute approximate surface area is 121 Å². The molecule has 0 heterocycles. The number of hydrazone groups is 1. The van der Waals surface area contributed by atoms with Gasteiger partial charge in [-0.05, 0) is 44.1 Å². The lowest BCUT2D eigenvalue weighted by atomic mass is 10.3. The second kappa shape index (κ2) is 6.25. The molecule has 20 heavy (non-hydrogen) atoms. The minimum Gasteiger partial charge on any atom is -0.326 e. The molecule has 0 unspecified atom stereocenters. The first-order valence-electron chi connectivity index (χ1n) is 6.10. The largest absolute Gasteiger partial charge is 0.326 e. The van der Waals surface area contributed by atoms with Crippen molar-refractivity contribution in [2.45, 2.75) is 19.8 Å². The van der Waals surface area contributed by atoms with Crippen LogP contribution in [0.3, 0.4) is 0 Å². The number of thiocarbonyl (C=S) groups is 1. The first-order valence-corrected chi connectivity index (χ1v) is 6.51. The van der Waals surface area contributed by atoms with Crippen molar-refractivity contribution in [1.82, 2.24) is 5.43 Å². The lowest BCUT2D eigenvalue weighted by molar-refractivity contribution is -0.383. The van der Waals surface area contributed by atoms with Crippen LogP contribution in [0.25, 0.3) is 0 Å². The highest BCUT2D eigenvalue weighted by Gasteiger charge is 2.13. The van der Waals surface area contributed by atoms with Gasteiger partial charge in [0.15, 0.2) is 5.11 Å². The highest BCUT2D eigenvalue weighted by Crippen LogP contribution is 2.22. The number of hydrogen-bond acceptors (Lipinski definition) is 4. The van der Waals surface area contributed by atoms with Crippen molar-refractivity contribution >= 4 is 34.4 Å². The normalized spacial score (nSPS) is 15.8. The summed E-state index contributed by atoms with van der Waals surface area (Å²) in [5.74, 6) is 0. The van der Waals surface area contributed by atoms with Gasteiger partial charge in [-0.25, -0.2) is 0 Å². The predicted molar refractivity (Wildman–Crippen MR) is 82.9 cm³/mol. The molecule has 2 rings (SSSR count). The predicted octanol–water partition coefficient (Wildman–Crippen LogP) is 2.98. The lowest BCUT2D eigenvalue weighted by Crippen LogP contribution is -2.25. The first-order chi connectivity index (χ1) is 9.56. The smallest absolute Gasteiger partial charge is 0.292 e. The fourth-order valence-corrected chi connectivity index (χ4v) is 2.01. The molecular weight excluding hydrogens is 276 g/mol. The van der Waals surface area contributed by atoms with Crippen LogP contribution in [0, 0.1) is 10.1 Å². The maximum Gasteiger partial charge on any atom is 0.292 e. The Morgan fingerprint density at radius 3 is 2.80 bits per heavy atom. The molecular formula is C13H14N4O2S. The maximum atomic E-state index is 10.9. The molecule has 0 radical (unpaired) electrons. The van der Waals surface area contributed by atoms with Crippen LogP contribution in [-0.4, -0.2) is 15.7 Å². The van der Waals surface area contributed by atoms with Crippen molar-refractivity contribution < 1.29 is 4.92 Å². The molecule has 0 fully saturated rings. The molecule has 0 amide bonds.